The van der Waals surface area contributed by atoms with Crippen LogP contribution in [0, 0.1) is 25.2 Å². The number of carbonyl (C=O) groups excluding carboxylic acids is 1. The molecule has 0 aliphatic carbocycles. The Morgan fingerprint density at radius 3 is 2.86 bits per heavy atom. The first-order valence-electron chi connectivity index (χ1n) is 6.23. The zero-order chi connectivity index (χ0) is 15.4. The second-order valence-corrected chi connectivity index (χ2v) is 5.30. The largest absolute Gasteiger partial charge is 0.468 e. The molecule has 6 heteroatoms. The van der Waals surface area contributed by atoms with Crippen LogP contribution in [0.5, 0.6) is 0 Å². The van der Waals surface area contributed by atoms with Crippen molar-refractivity contribution >= 4 is 17.7 Å². The van der Waals surface area contributed by atoms with Gasteiger partial charge >= 0.3 is 5.97 Å². The predicted molar refractivity (Wildman–Crippen MR) is 78.9 cm³/mol. The molecule has 0 radical (unpaired) electrons. The summed E-state index contributed by atoms with van der Waals surface area (Å²) < 4.78 is 10.0. The molecule has 0 saturated carbocycles. The molecule has 0 spiro atoms. The summed E-state index contributed by atoms with van der Waals surface area (Å²) >= 11 is 1.19. The SMILES string of the molecule is COC(=O)CSc1nc(C)c(C)c(-c2ccco2)c1C#N. The lowest BCUT2D eigenvalue weighted by Gasteiger charge is -2.12. The highest BCUT2D eigenvalue weighted by Gasteiger charge is 2.19. The molecule has 2 heterocycles. The molecule has 21 heavy (non-hydrogen) atoms. The number of aromatic nitrogens is 1. The third kappa shape index (κ3) is 3.09. The van der Waals surface area contributed by atoms with Crippen molar-refractivity contribution in [1.82, 2.24) is 4.98 Å². The number of hydrogen-bond donors (Lipinski definition) is 0. The summed E-state index contributed by atoms with van der Waals surface area (Å²) in [6.07, 6.45) is 1.56. The van der Waals surface area contributed by atoms with E-state index in [0.29, 0.717) is 16.3 Å². The van der Waals surface area contributed by atoms with Crippen LogP contribution < -0.4 is 0 Å². The molecule has 0 unspecified atom stereocenters. The van der Waals surface area contributed by atoms with E-state index in [1.807, 2.05) is 13.8 Å². The monoisotopic (exact) mass is 302 g/mol. The number of nitrogens with zero attached hydrogens (tertiary/aromatic N) is 2. The molecule has 0 N–H and O–H groups in total. The molecule has 0 aliphatic heterocycles. The maximum absolute atomic E-state index is 11.3. The van der Waals surface area contributed by atoms with Gasteiger partial charge in [-0.2, -0.15) is 5.26 Å². The van der Waals surface area contributed by atoms with Crippen molar-refractivity contribution < 1.29 is 13.9 Å². The Morgan fingerprint density at radius 1 is 1.52 bits per heavy atom. The molecule has 0 amide bonds. The van der Waals surface area contributed by atoms with Crippen molar-refractivity contribution in [3.8, 4) is 17.4 Å². The van der Waals surface area contributed by atoms with Gasteiger partial charge < -0.3 is 9.15 Å². The molecule has 0 fully saturated rings. The van der Waals surface area contributed by atoms with Crippen LogP contribution in [0.25, 0.3) is 11.3 Å². The predicted octanol–water partition coefficient (Wildman–Crippen LogP) is 3.10. The minimum absolute atomic E-state index is 0.109. The van der Waals surface area contributed by atoms with Gasteiger partial charge in [0.15, 0.2) is 0 Å². The highest BCUT2D eigenvalue weighted by molar-refractivity contribution is 7.99. The zero-order valence-corrected chi connectivity index (χ0v) is 12.8. The van der Waals surface area contributed by atoms with Gasteiger partial charge in [-0.3, -0.25) is 4.79 Å². The number of rotatable bonds is 4. The Balaban J connectivity index is 2.52. The maximum Gasteiger partial charge on any atom is 0.316 e. The van der Waals surface area contributed by atoms with Crippen molar-refractivity contribution in [3.63, 3.8) is 0 Å². The fourth-order valence-electron chi connectivity index (χ4n) is 1.89. The van der Waals surface area contributed by atoms with Gasteiger partial charge in [-0.15, -0.1) is 0 Å². The van der Waals surface area contributed by atoms with E-state index in [9.17, 15) is 10.1 Å². The lowest BCUT2D eigenvalue weighted by molar-refractivity contribution is -0.137. The number of aryl methyl sites for hydroxylation is 1. The quantitative estimate of drug-likeness (QED) is 0.638. The van der Waals surface area contributed by atoms with E-state index in [0.717, 1.165) is 16.8 Å². The van der Waals surface area contributed by atoms with Crippen molar-refractivity contribution in [2.24, 2.45) is 0 Å². The van der Waals surface area contributed by atoms with Gasteiger partial charge in [-0.05, 0) is 31.5 Å². The van der Waals surface area contributed by atoms with E-state index in [4.69, 9.17) is 4.42 Å². The molecule has 0 aromatic carbocycles. The second-order valence-electron chi connectivity index (χ2n) is 4.33. The van der Waals surface area contributed by atoms with Gasteiger partial charge in [0.2, 0.25) is 0 Å². The van der Waals surface area contributed by atoms with Crippen molar-refractivity contribution in [1.29, 1.82) is 5.26 Å². The first kappa shape index (κ1) is 15.1. The Kier molecular flexibility index (Phi) is 4.66. The van der Waals surface area contributed by atoms with Crippen LogP contribution in [0.4, 0.5) is 0 Å². The third-order valence-corrected chi connectivity index (χ3v) is 4.03. The molecule has 2 aromatic rings. The summed E-state index contributed by atoms with van der Waals surface area (Å²) in [5.41, 5.74) is 2.83. The number of pyridine rings is 1. The molecule has 108 valence electrons. The lowest BCUT2D eigenvalue weighted by Crippen LogP contribution is -2.05. The van der Waals surface area contributed by atoms with Crippen LogP contribution in [0.2, 0.25) is 0 Å². The van der Waals surface area contributed by atoms with Gasteiger partial charge in [-0.1, -0.05) is 11.8 Å². The van der Waals surface area contributed by atoms with E-state index >= 15 is 0 Å². The topological polar surface area (TPSA) is 76.1 Å². The van der Waals surface area contributed by atoms with Crippen LogP contribution in [-0.2, 0) is 9.53 Å². The van der Waals surface area contributed by atoms with Crippen molar-refractivity contribution in [2.45, 2.75) is 18.9 Å². The first-order chi connectivity index (χ1) is 10.1. The van der Waals surface area contributed by atoms with E-state index in [-0.39, 0.29) is 11.7 Å². The number of hydrogen-bond acceptors (Lipinski definition) is 6. The number of methoxy groups -OCH3 is 1. The van der Waals surface area contributed by atoms with E-state index in [1.165, 1.54) is 18.9 Å². The van der Waals surface area contributed by atoms with Crippen LogP contribution in [-0.4, -0.2) is 23.8 Å². The number of thioether (sulfide) groups is 1. The number of carbonyl (C=O) groups is 1. The molecule has 0 bridgehead atoms. The zero-order valence-electron chi connectivity index (χ0n) is 12.0. The normalized spacial score (nSPS) is 10.2. The summed E-state index contributed by atoms with van der Waals surface area (Å²) in [5, 5.41) is 9.99. The Labute approximate surface area is 126 Å². The molecule has 0 atom stereocenters. The summed E-state index contributed by atoms with van der Waals surface area (Å²) in [7, 11) is 1.33. The van der Waals surface area contributed by atoms with Crippen LogP contribution in [0.1, 0.15) is 16.8 Å². The van der Waals surface area contributed by atoms with Gasteiger partial charge in [0, 0.05) is 11.3 Å². The van der Waals surface area contributed by atoms with E-state index in [2.05, 4.69) is 15.8 Å². The first-order valence-corrected chi connectivity index (χ1v) is 7.21. The molecule has 2 rings (SSSR count). The summed E-state index contributed by atoms with van der Waals surface area (Å²) in [6, 6.07) is 5.74. The summed E-state index contributed by atoms with van der Waals surface area (Å²) in [4.78, 5) is 15.7. The molecule has 2 aromatic heterocycles. The standard InChI is InChI=1S/C15H14N2O3S/c1-9-10(2)17-15(21-8-13(18)19-3)11(7-16)14(9)12-5-4-6-20-12/h4-6H,8H2,1-3H3. The number of furan rings is 1. The van der Waals surface area contributed by atoms with Crippen molar-refractivity contribution in [2.75, 3.05) is 12.9 Å². The maximum atomic E-state index is 11.3. The van der Waals surface area contributed by atoms with Gasteiger partial charge in [0.1, 0.15) is 16.9 Å². The molecular weight excluding hydrogens is 288 g/mol. The minimum atomic E-state index is -0.358. The van der Waals surface area contributed by atoms with Gasteiger partial charge in [-0.25, -0.2) is 4.98 Å². The fourth-order valence-corrected chi connectivity index (χ4v) is 2.76. The van der Waals surface area contributed by atoms with E-state index in [1.54, 1.807) is 18.4 Å². The van der Waals surface area contributed by atoms with Crippen LogP contribution >= 0.6 is 11.8 Å². The second kappa shape index (κ2) is 6.46. The summed E-state index contributed by atoms with van der Waals surface area (Å²) in [5.74, 6) is 0.371. The van der Waals surface area contributed by atoms with Crippen molar-refractivity contribution in [3.05, 3.63) is 35.2 Å². The van der Waals surface area contributed by atoms with Gasteiger partial charge in [0.25, 0.3) is 0 Å². The molecule has 0 aliphatic rings. The van der Waals surface area contributed by atoms with Crippen LogP contribution in [0.3, 0.4) is 0 Å². The van der Waals surface area contributed by atoms with E-state index < -0.39 is 0 Å². The average molecular weight is 302 g/mol. The lowest BCUT2D eigenvalue weighted by atomic mass is 10.0. The summed E-state index contributed by atoms with van der Waals surface area (Å²) in [6.45, 7) is 3.76. The highest BCUT2D eigenvalue weighted by atomic mass is 32.2. The fraction of sp³-hybridized carbons (Fsp3) is 0.267. The minimum Gasteiger partial charge on any atom is -0.468 e. The number of esters is 1. The van der Waals surface area contributed by atoms with Gasteiger partial charge in [0.05, 0.1) is 24.7 Å². The smallest absolute Gasteiger partial charge is 0.316 e. The molecular formula is C15H14N2O3S. The molecule has 5 nitrogen and oxygen atoms in total. The highest BCUT2D eigenvalue weighted by Crippen LogP contribution is 2.34. The Bertz CT molecular complexity index is 703. The van der Waals surface area contributed by atoms with Crippen LogP contribution in [0.15, 0.2) is 27.8 Å². The number of nitriles is 1. The average Bonchev–Trinajstić information content (AvgIpc) is 3.01. The third-order valence-electron chi connectivity index (χ3n) is 3.08. The molecule has 0 saturated heterocycles. The Morgan fingerprint density at radius 2 is 2.29 bits per heavy atom. The Hall–Kier alpha value is -2.26. The number of ether oxygens (including phenoxy) is 1.